The lowest BCUT2D eigenvalue weighted by Crippen LogP contribution is -2.61. The second kappa shape index (κ2) is 28.1. The Labute approximate surface area is 350 Å². The molecule has 7 amide bonds. The molecule has 0 radical (unpaired) electrons. The van der Waals surface area contributed by atoms with Crippen LogP contribution in [0.4, 0.5) is 0 Å². The maximum absolute atomic E-state index is 13.8. The summed E-state index contributed by atoms with van der Waals surface area (Å²) < 4.78 is 0. The number of nitrogens with two attached hydrogens (primary N) is 4. The molecule has 0 aliphatic carbocycles. The highest BCUT2D eigenvalue weighted by molar-refractivity contribution is 5.97. The van der Waals surface area contributed by atoms with E-state index in [0.717, 1.165) is 0 Å². The molecule has 25 heteroatoms. The van der Waals surface area contributed by atoms with Gasteiger partial charge in [0.25, 0.3) is 0 Å². The number of nitrogens with zero attached hydrogens (tertiary/aromatic N) is 1. The number of aliphatic hydroxyl groups is 2. The number of aliphatic carboxylic acids is 2. The van der Waals surface area contributed by atoms with Crippen LogP contribution in [0.25, 0.3) is 0 Å². The minimum absolute atomic E-state index is 0.0257. The molecule has 7 atom stereocenters. The number of guanidine groups is 1. The number of rotatable bonds is 29. The fourth-order valence-corrected chi connectivity index (χ4v) is 5.29. The number of carbonyl (C=O) groups is 9. The maximum atomic E-state index is 13.8. The first-order valence-corrected chi connectivity index (χ1v) is 19.1. The van der Waals surface area contributed by atoms with Crippen molar-refractivity contribution in [1.29, 1.82) is 0 Å². The van der Waals surface area contributed by atoms with Gasteiger partial charge in [-0.2, -0.15) is 0 Å². The second-order valence-corrected chi connectivity index (χ2v) is 13.6. The van der Waals surface area contributed by atoms with Crippen LogP contribution in [-0.4, -0.2) is 155 Å². The van der Waals surface area contributed by atoms with Gasteiger partial charge in [-0.3, -0.25) is 43.3 Å². The molecule has 7 unspecified atom stereocenters. The molecule has 0 fully saturated rings. The predicted octanol–water partition coefficient (Wildman–Crippen LogP) is -6.67. The first-order valence-electron chi connectivity index (χ1n) is 19.1. The van der Waals surface area contributed by atoms with Crippen LogP contribution in [0.5, 0.6) is 0 Å². The summed E-state index contributed by atoms with van der Waals surface area (Å²) in [7, 11) is 0. The molecule has 0 spiro atoms. The molecular formula is C36H58N12O13. The van der Waals surface area contributed by atoms with Crippen LogP contribution in [0.3, 0.4) is 0 Å². The lowest BCUT2D eigenvalue weighted by atomic mass is 10.0. The van der Waals surface area contributed by atoms with Gasteiger partial charge in [0.05, 0.1) is 32.2 Å². The fraction of sp³-hybridized carbons (Fsp3) is 0.556. The van der Waals surface area contributed by atoms with Gasteiger partial charge in [0.15, 0.2) is 5.96 Å². The van der Waals surface area contributed by atoms with E-state index < -0.39 is 122 Å². The van der Waals surface area contributed by atoms with E-state index in [1.165, 1.54) is 6.92 Å². The molecule has 0 aliphatic heterocycles. The fourth-order valence-electron chi connectivity index (χ4n) is 5.29. The van der Waals surface area contributed by atoms with Crippen LogP contribution in [0.2, 0.25) is 0 Å². The van der Waals surface area contributed by atoms with Gasteiger partial charge < -0.3 is 80.6 Å². The number of nitrogens with one attached hydrogen (secondary N) is 7. The average Bonchev–Trinajstić information content (AvgIpc) is 3.20. The number of aliphatic imine (C=N–C) groups is 1. The Balaban J connectivity index is 3.14. The van der Waals surface area contributed by atoms with Crippen molar-refractivity contribution in [3.05, 3.63) is 35.9 Å². The van der Waals surface area contributed by atoms with Gasteiger partial charge in [-0.15, -0.1) is 0 Å². The number of benzene rings is 1. The standard InChI is InChI=1S/C36H58N12O13/c1-19(43-27(51)16-42-30(55)21(38)15-28(52)53)29(54)44-22(10-5-6-12-37)31(56)46-24(14-20-8-3-2-4-9-20)32(57)47-26(18-50)34(59)48-25(17-49)33(58)45-23(35(60)61)11-7-13-41-36(39)40/h2-4,8-9,19,21-26,49-50H,5-7,10-18,37-38H2,1H3,(H,42,55)(H,43,51)(H,44,54)(H,45,58)(H,46,56)(H,47,57)(H,48,59)(H,52,53)(H,60,61)(H4,39,40,41). The molecule has 19 N–H and O–H groups in total. The van der Waals surface area contributed by atoms with Gasteiger partial charge in [-0.25, -0.2) is 4.79 Å². The molecule has 0 bridgehead atoms. The summed E-state index contributed by atoms with van der Waals surface area (Å²) in [6.45, 7) is -1.07. The lowest BCUT2D eigenvalue weighted by Gasteiger charge is -2.26. The Morgan fingerprint density at radius 2 is 1.16 bits per heavy atom. The number of unbranched alkanes of at least 4 members (excludes halogenated alkanes) is 1. The van der Waals surface area contributed by atoms with Crippen molar-refractivity contribution >= 4 is 59.2 Å². The van der Waals surface area contributed by atoms with Gasteiger partial charge in [-0.1, -0.05) is 30.3 Å². The lowest BCUT2D eigenvalue weighted by molar-refractivity contribution is -0.143. The highest BCUT2D eigenvalue weighted by Gasteiger charge is 2.33. The zero-order valence-corrected chi connectivity index (χ0v) is 33.6. The third-order valence-corrected chi connectivity index (χ3v) is 8.61. The Hall–Kier alpha value is -6.44. The summed E-state index contributed by atoms with van der Waals surface area (Å²) in [6, 6.07) is -2.01. The second-order valence-electron chi connectivity index (χ2n) is 13.6. The van der Waals surface area contributed by atoms with Crippen molar-refractivity contribution in [3.8, 4) is 0 Å². The third kappa shape index (κ3) is 20.9. The van der Waals surface area contributed by atoms with Crippen LogP contribution in [0.15, 0.2) is 35.3 Å². The van der Waals surface area contributed by atoms with Gasteiger partial charge >= 0.3 is 11.9 Å². The van der Waals surface area contributed by atoms with Crippen molar-refractivity contribution in [1.82, 2.24) is 37.2 Å². The Morgan fingerprint density at radius 3 is 1.69 bits per heavy atom. The Morgan fingerprint density at radius 1 is 0.656 bits per heavy atom. The largest absolute Gasteiger partial charge is 0.481 e. The van der Waals surface area contributed by atoms with Crippen molar-refractivity contribution in [2.24, 2.45) is 27.9 Å². The van der Waals surface area contributed by atoms with Crippen molar-refractivity contribution < 1.29 is 63.6 Å². The Bertz CT molecular complexity index is 1680. The molecular weight excluding hydrogens is 808 g/mol. The highest BCUT2D eigenvalue weighted by atomic mass is 16.4. The Kier molecular flexibility index (Phi) is 24.2. The molecule has 0 aliphatic rings. The number of carboxylic acids is 2. The van der Waals surface area contributed by atoms with E-state index in [-0.39, 0.29) is 44.7 Å². The first-order chi connectivity index (χ1) is 28.8. The van der Waals surface area contributed by atoms with Gasteiger partial charge in [0.1, 0.15) is 36.3 Å². The SMILES string of the molecule is CC(NC(=O)CNC(=O)C(N)CC(=O)O)C(=O)NC(CCCCN)C(=O)NC(Cc1ccccc1)C(=O)NC(CO)C(=O)NC(CO)C(=O)NC(CCCN=C(N)N)C(=O)O. The molecule has 25 nitrogen and oxygen atoms in total. The van der Waals surface area contributed by atoms with Crippen LogP contribution in [0, 0.1) is 0 Å². The molecule has 0 saturated heterocycles. The summed E-state index contributed by atoms with van der Waals surface area (Å²) >= 11 is 0. The first kappa shape index (κ1) is 52.6. The predicted molar refractivity (Wildman–Crippen MR) is 215 cm³/mol. The number of hydrogen-bond donors (Lipinski definition) is 15. The third-order valence-electron chi connectivity index (χ3n) is 8.61. The van der Waals surface area contributed by atoms with Crippen LogP contribution >= 0.6 is 0 Å². The zero-order chi connectivity index (χ0) is 46.1. The number of amides is 7. The molecule has 1 rings (SSSR count). The van der Waals surface area contributed by atoms with Crippen LogP contribution in [-0.2, 0) is 49.6 Å². The van der Waals surface area contributed by atoms with E-state index in [2.05, 4.69) is 42.2 Å². The summed E-state index contributed by atoms with van der Waals surface area (Å²) in [4.78, 5) is 117. The molecule has 1 aromatic carbocycles. The molecule has 1 aromatic rings. The van der Waals surface area contributed by atoms with E-state index in [9.17, 15) is 58.5 Å². The monoisotopic (exact) mass is 866 g/mol. The summed E-state index contributed by atoms with van der Waals surface area (Å²) in [6.07, 6.45) is 0.0120. The average molecular weight is 867 g/mol. The van der Waals surface area contributed by atoms with E-state index in [0.29, 0.717) is 18.4 Å². The minimum atomic E-state index is -1.75. The van der Waals surface area contributed by atoms with E-state index in [4.69, 9.17) is 28.0 Å². The molecule has 0 heterocycles. The van der Waals surface area contributed by atoms with Gasteiger partial charge in [-0.05, 0) is 51.1 Å². The highest BCUT2D eigenvalue weighted by Crippen LogP contribution is 2.08. The van der Waals surface area contributed by atoms with E-state index in [1.54, 1.807) is 30.3 Å². The van der Waals surface area contributed by atoms with Crippen molar-refractivity contribution in [3.63, 3.8) is 0 Å². The van der Waals surface area contributed by atoms with Crippen molar-refractivity contribution in [2.45, 2.75) is 94.2 Å². The summed E-state index contributed by atoms with van der Waals surface area (Å²) in [5.41, 5.74) is 22.1. The molecule has 0 aromatic heterocycles. The van der Waals surface area contributed by atoms with Crippen LogP contribution < -0.4 is 60.2 Å². The number of aliphatic hydroxyl groups excluding tert-OH is 2. The normalized spacial score (nSPS) is 14.2. The van der Waals surface area contributed by atoms with Gasteiger partial charge in [0, 0.05) is 13.0 Å². The minimum Gasteiger partial charge on any atom is -0.481 e. The van der Waals surface area contributed by atoms with E-state index >= 15 is 0 Å². The van der Waals surface area contributed by atoms with E-state index in [1.807, 2.05) is 0 Å². The zero-order valence-electron chi connectivity index (χ0n) is 33.6. The quantitative estimate of drug-likeness (QED) is 0.0202. The number of hydrogen-bond acceptors (Lipinski definition) is 14. The number of carboxylic acid groups (broad SMARTS) is 2. The number of carbonyl (C=O) groups excluding carboxylic acids is 7. The summed E-state index contributed by atoms with van der Waals surface area (Å²) in [5.74, 6) is -9.63. The smallest absolute Gasteiger partial charge is 0.326 e. The topological polar surface area (TPSA) is 435 Å². The van der Waals surface area contributed by atoms with Crippen LogP contribution in [0.1, 0.15) is 51.0 Å². The molecule has 0 saturated carbocycles. The molecule has 340 valence electrons. The molecule has 61 heavy (non-hydrogen) atoms. The summed E-state index contributed by atoms with van der Waals surface area (Å²) in [5, 5.41) is 54.4. The van der Waals surface area contributed by atoms with Crippen molar-refractivity contribution in [2.75, 3.05) is 32.8 Å². The van der Waals surface area contributed by atoms with Gasteiger partial charge in [0.2, 0.25) is 41.4 Å². The maximum Gasteiger partial charge on any atom is 0.326 e.